The summed E-state index contributed by atoms with van der Waals surface area (Å²) in [5.74, 6) is -1.34. The van der Waals surface area contributed by atoms with Gasteiger partial charge in [0.25, 0.3) is 0 Å². The summed E-state index contributed by atoms with van der Waals surface area (Å²) >= 11 is 0. The summed E-state index contributed by atoms with van der Waals surface area (Å²) in [6.45, 7) is 6.86. The number of hydrogen-bond acceptors (Lipinski definition) is 5. The van der Waals surface area contributed by atoms with Gasteiger partial charge in [0.05, 0.1) is 24.3 Å². The van der Waals surface area contributed by atoms with Crippen LogP contribution in [0.3, 0.4) is 0 Å². The first kappa shape index (κ1) is 28.9. The third-order valence-corrected chi connectivity index (χ3v) is 5.73. The van der Waals surface area contributed by atoms with Gasteiger partial charge in [-0.2, -0.15) is 0 Å². The molecule has 0 aliphatic heterocycles. The summed E-state index contributed by atoms with van der Waals surface area (Å²) < 4.78 is 10.9. The van der Waals surface area contributed by atoms with Crippen LogP contribution in [-0.2, 0) is 9.47 Å². The molecule has 0 saturated heterocycles. The van der Waals surface area contributed by atoms with E-state index < -0.39 is 11.9 Å². The Morgan fingerprint density at radius 1 is 0.606 bits per heavy atom. The van der Waals surface area contributed by atoms with Crippen molar-refractivity contribution in [2.75, 3.05) is 13.2 Å². The third-order valence-electron chi connectivity index (χ3n) is 5.73. The van der Waals surface area contributed by atoms with Crippen LogP contribution in [-0.4, -0.2) is 30.9 Å². The van der Waals surface area contributed by atoms with Gasteiger partial charge in [0.1, 0.15) is 0 Å². The van der Waals surface area contributed by atoms with Gasteiger partial charge in [0.2, 0.25) is 0 Å². The number of Topliss-reactive ketones (excluding diaryl/α,β-unsaturated/α-hetero) is 1. The highest BCUT2D eigenvalue weighted by atomic mass is 16.5. The lowest BCUT2D eigenvalue weighted by atomic mass is 9.96. The van der Waals surface area contributed by atoms with Crippen molar-refractivity contribution in [3.05, 3.63) is 34.9 Å². The number of unbranched alkanes of at least 4 members (excludes halogenated alkanes) is 10. The van der Waals surface area contributed by atoms with Crippen molar-refractivity contribution < 1.29 is 23.9 Å². The Hall–Kier alpha value is -2.17. The topological polar surface area (TPSA) is 69.7 Å². The zero-order valence-electron chi connectivity index (χ0n) is 21.1. The highest BCUT2D eigenvalue weighted by molar-refractivity contribution is 6.12. The highest BCUT2D eigenvalue weighted by Crippen LogP contribution is 2.21. The summed E-state index contributed by atoms with van der Waals surface area (Å²) in [7, 11) is 0. The highest BCUT2D eigenvalue weighted by Gasteiger charge is 2.26. The molecule has 0 aliphatic carbocycles. The van der Waals surface area contributed by atoms with Crippen LogP contribution in [0.25, 0.3) is 0 Å². The minimum absolute atomic E-state index is 0.0508. The van der Waals surface area contributed by atoms with E-state index in [1.807, 2.05) is 6.92 Å². The maximum Gasteiger partial charge on any atom is 0.339 e. The lowest BCUT2D eigenvalue weighted by molar-refractivity contribution is 0.0449. The summed E-state index contributed by atoms with van der Waals surface area (Å²) in [5.41, 5.74) is 0.421. The number of rotatable bonds is 19. The smallest absolute Gasteiger partial charge is 0.339 e. The van der Waals surface area contributed by atoms with Gasteiger partial charge in [-0.05, 0) is 25.3 Å². The molecule has 5 heteroatoms. The van der Waals surface area contributed by atoms with Crippen LogP contribution in [0.2, 0.25) is 0 Å². The first-order chi connectivity index (χ1) is 16.1. The van der Waals surface area contributed by atoms with Gasteiger partial charge >= 0.3 is 11.9 Å². The predicted octanol–water partition coefficient (Wildman–Crippen LogP) is 7.70. The molecule has 0 N–H and O–H groups in total. The van der Waals surface area contributed by atoms with Crippen molar-refractivity contribution in [2.24, 2.45) is 0 Å². The molecular weight excluding hydrogens is 416 g/mol. The second kappa shape index (κ2) is 18.3. The van der Waals surface area contributed by atoms with Gasteiger partial charge in [0.15, 0.2) is 5.78 Å². The Balaban J connectivity index is 2.78. The minimum atomic E-state index is -0.616. The van der Waals surface area contributed by atoms with Crippen molar-refractivity contribution in [3.63, 3.8) is 0 Å². The number of carbonyl (C=O) groups excluding carboxylic acids is 3. The zero-order valence-corrected chi connectivity index (χ0v) is 21.1. The summed E-state index contributed by atoms with van der Waals surface area (Å²) in [5, 5.41) is 0. The van der Waals surface area contributed by atoms with Crippen molar-refractivity contribution in [1.29, 1.82) is 0 Å². The fourth-order valence-electron chi connectivity index (χ4n) is 3.78. The minimum Gasteiger partial charge on any atom is -0.462 e. The summed E-state index contributed by atoms with van der Waals surface area (Å²) in [6.07, 6.45) is 14.0. The standard InChI is InChI=1S/C28H44O5/c1-4-7-9-11-13-15-21-32-27(30)24-20-17-19-23(25(29)18-6-3)26(24)28(31)33-22-16-14-12-10-8-5-2/h17,19-20H,4-16,18,21-22H2,1-3H3. The fraction of sp³-hybridized carbons (Fsp3) is 0.679. The van der Waals surface area contributed by atoms with Crippen LogP contribution < -0.4 is 0 Å². The Morgan fingerprint density at radius 2 is 1.09 bits per heavy atom. The number of carbonyl (C=O) groups is 3. The maximum absolute atomic E-state index is 12.9. The van der Waals surface area contributed by atoms with Crippen LogP contribution in [0, 0.1) is 0 Å². The van der Waals surface area contributed by atoms with Crippen LogP contribution in [0.15, 0.2) is 18.2 Å². The molecule has 5 nitrogen and oxygen atoms in total. The van der Waals surface area contributed by atoms with E-state index in [1.165, 1.54) is 38.5 Å². The van der Waals surface area contributed by atoms with Crippen LogP contribution in [0.5, 0.6) is 0 Å². The van der Waals surface area contributed by atoms with Crippen molar-refractivity contribution in [1.82, 2.24) is 0 Å². The van der Waals surface area contributed by atoms with Crippen LogP contribution >= 0.6 is 0 Å². The van der Waals surface area contributed by atoms with E-state index in [-0.39, 0.29) is 29.1 Å². The average molecular weight is 461 g/mol. The Labute approximate surface area is 200 Å². The molecule has 0 atom stereocenters. The predicted molar refractivity (Wildman–Crippen MR) is 133 cm³/mol. The van der Waals surface area contributed by atoms with E-state index in [0.717, 1.165) is 38.5 Å². The largest absolute Gasteiger partial charge is 0.462 e. The molecule has 0 spiro atoms. The molecule has 1 aromatic rings. The molecule has 0 heterocycles. The van der Waals surface area contributed by atoms with E-state index in [0.29, 0.717) is 19.4 Å². The van der Waals surface area contributed by atoms with Gasteiger partial charge in [0, 0.05) is 12.0 Å². The lowest BCUT2D eigenvalue weighted by Crippen LogP contribution is -2.19. The van der Waals surface area contributed by atoms with Crippen molar-refractivity contribution >= 4 is 17.7 Å². The molecular formula is C28H44O5. The number of benzene rings is 1. The Kier molecular flexibility index (Phi) is 16.0. The molecule has 0 aromatic heterocycles. The van der Waals surface area contributed by atoms with E-state index in [9.17, 15) is 14.4 Å². The van der Waals surface area contributed by atoms with Crippen LogP contribution in [0.1, 0.15) is 142 Å². The van der Waals surface area contributed by atoms with Crippen LogP contribution in [0.4, 0.5) is 0 Å². The molecule has 0 aliphatic rings. The van der Waals surface area contributed by atoms with E-state index in [1.54, 1.807) is 18.2 Å². The molecule has 0 amide bonds. The van der Waals surface area contributed by atoms with Gasteiger partial charge in [-0.15, -0.1) is 0 Å². The quantitative estimate of drug-likeness (QED) is 0.120. The van der Waals surface area contributed by atoms with Gasteiger partial charge in [-0.25, -0.2) is 9.59 Å². The fourth-order valence-corrected chi connectivity index (χ4v) is 3.78. The number of ketones is 1. The zero-order chi connectivity index (χ0) is 24.3. The molecule has 186 valence electrons. The second-order valence-electron chi connectivity index (χ2n) is 8.71. The molecule has 1 aromatic carbocycles. The van der Waals surface area contributed by atoms with Gasteiger partial charge in [-0.3, -0.25) is 4.79 Å². The Bertz CT molecular complexity index is 710. The molecule has 1 rings (SSSR count). The Morgan fingerprint density at radius 3 is 1.64 bits per heavy atom. The molecule has 0 bridgehead atoms. The number of ether oxygens (including phenoxy) is 2. The monoisotopic (exact) mass is 460 g/mol. The number of hydrogen-bond donors (Lipinski definition) is 0. The summed E-state index contributed by atoms with van der Waals surface area (Å²) in [6, 6.07) is 4.78. The first-order valence-electron chi connectivity index (χ1n) is 13.1. The molecule has 0 radical (unpaired) electrons. The molecule has 33 heavy (non-hydrogen) atoms. The second-order valence-corrected chi connectivity index (χ2v) is 8.71. The SMILES string of the molecule is CCCCCCCCOC(=O)c1cccc(C(=O)CCC)c1C(=O)OCCCCCCCC. The average Bonchev–Trinajstić information content (AvgIpc) is 2.82. The first-order valence-corrected chi connectivity index (χ1v) is 13.1. The molecule has 0 fully saturated rings. The van der Waals surface area contributed by atoms with Crippen molar-refractivity contribution in [3.8, 4) is 0 Å². The van der Waals surface area contributed by atoms with E-state index in [4.69, 9.17) is 9.47 Å². The van der Waals surface area contributed by atoms with E-state index >= 15 is 0 Å². The summed E-state index contributed by atoms with van der Waals surface area (Å²) in [4.78, 5) is 38.3. The van der Waals surface area contributed by atoms with Gasteiger partial charge in [-0.1, -0.05) is 97.1 Å². The normalized spacial score (nSPS) is 10.8. The van der Waals surface area contributed by atoms with Crippen molar-refractivity contribution in [2.45, 2.75) is 111 Å². The van der Waals surface area contributed by atoms with E-state index in [2.05, 4.69) is 13.8 Å². The van der Waals surface area contributed by atoms with Gasteiger partial charge < -0.3 is 9.47 Å². The third kappa shape index (κ3) is 11.5. The number of esters is 2. The molecule has 0 saturated carbocycles. The lowest BCUT2D eigenvalue weighted by Gasteiger charge is -2.13. The molecule has 0 unspecified atom stereocenters. The maximum atomic E-state index is 12.9.